The molecule has 3 heterocycles. The Kier molecular flexibility index (Phi) is 5.03. The molecular formula is C18H19N5O2. The van der Waals surface area contributed by atoms with Crippen molar-refractivity contribution < 1.29 is 4.74 Å². The number of hydrogen-bond donors (Lipinski definition) is 2. The van der Waals surface area contributed by atoms with Crippen LogP contribution in [0.25, 0.3) is 11.4 Å². The normalized spacial score (nSPS) is 10.5. The van der Waals surface area contributed by atoms with E-state index < -0.39 is 0 Å². The van der Waals surface area contributed by atoms with Crippen LogP contribution in [0.2, 0.25) is 0 Å². The lowest BCUT2D eigenvalue weighted by Crippen LogP contribution is -2.14. The summed E-state index contributed by atoms with van der Waals surface area (Å²) < 4.78 is 5.56. The molecule has 0 fully saturated rings. The van der Waals surface area contributed by atoms with Crippen LogP contribution in [0.1, 0.15) is 11.3 Å². The van der Waals surface area contributed by atoms with Gasteiger partial charge in [0, 0.05) is 29.2 Å². The topological polar surface area (TPSA) is 92.8 Å². The van der Waals surface area contributed by atoms with Crippen LogP contribution >= 0.6 is 0 Å². The van der Waals surface area contributed by atoms with E-state index in [0.29, 0.717) is 30.2 Å². The van der Waals surface area contributed by atoms with E-state index in [-0.39, 0.29) is 5.56 Å². The smallest absolute Gasteiger partial charge is 0.254 e. The first kappa shape index (κ1) is 16.6. The first-order chi connectivity index (χ1) is 12.1. The van der Waals surface area contributed by atoms with Gasteiger partial charge in [-0.3, -0.25) is 9.78 Å². The number of H-pyrrole nitrogens is 1. The van der Waals surface area contributed by atoms with E-state index in [4.69, 9.17) is 4.74 Å². The van der Waals surface area contributed by atoms with Crippen molar-refractivity contribution >= 4 is 5.82 Å². The zero-order valence-corrected chi connectivity index (χ0v) is 14.1. The van der Waals surface area contributed by atoms with Gasteiger partial charge in [-0.2, -0.15) is 0 Å². The van der Waals surface area contributed by atoms with Crippen molar-refractivity contribution in [2.24, 2.45) is 0 Å². The molecule has 0 atom stereocenters. The molecule has 3 aromatic rings. The minimum absolute atomic E-state index is 0.128. The van der Waals surface area contributed by atoms with Crippen molar-refractivity contribution in [1.82, 2.24) is 19.9 Å². The Bertz CT molecular complexity index is 892. The van der Waals surface area contributed by atoms with E-state index in [0.717, 1.165) is 17.1 Å². The highest BCUT2D eigenvalue weighted by molar-refractivity contribution is 5.56. The highest BCUT2D eigenvalue weighted by Gasteiger charge is 2.06. The fraction of sp³-hybridized carbons (Fsp3) is 0.222. The largest absolute Gasteiger partial charge is 0.490 e. The van der Waals surface area contributed by atoms with Crippen LogP contribution in [0.4, 0.5) is 5.82 Å². The second kappa shape index (κ2) is 7.57. The third kappa shape index (κ3) is 4.20. The fourth-order valence-corrected chi connectivity index (χ4v) is 2.20. The molecule has 128 valence electrons. The lowest BCUT2D eigenvalue weighted by Gasteiger charge is -2.08. The molecule has 3 rings (SSSR count). The van der Waals surface area contributed by atoms with E-state index in [1.807, 2.05) is 31.2 Å². The molecule has 0 spiro atoms. The summed E-state index contributed by atoms with van der Waals surface area (Å²) in [6, 6.07) is 7.39. The summed E-state index contributed by atoms with van der Waals surface area (Å²) in [4.78, 5) is 27.3. The SMILES string of the molecule is Cc1nc(-c2ccc(NCCOc3cccnc3)nc2)[nH]c(=O)c1C. The van der Waals surface area contributed by atoms with Gasteiger partial charge >= 0.3 is 0 Å². The number of ether oxygens (including phenoxy) is 1. The minimum atomic E-state index is -0.128. The molecule has 7 nitrogen and oxygen atoms in total. The van der Waals surface area contributed by atoms with Gasteiger partial charge in [-0.1, -0.05) is 0 Å². The van der Waals surface area contributed by atoms with Gasteiger partial charge < -0.3 is 15.0 Å². The molecule has 0 saturated heterocycles. The maximum Gasteiger partial charge on any atom is 0.254 e. The van der Waals surface area contributed by atoms with E-state index in [1.165, 1.54) is 0 Å². The summed E-state index contributed by atoms with van der Waals surface area (Å²) in [5, 5.41) is 3.18. The summed E-state index contributed by atoms with van der Waals surface area (Å²) in [5.74, 6) is 1.98. The standard InChI is InChI=1S/C18H19N5O2/c1-12-13(2)22-17(23-18(12)24)14-5-6-16(21-10-14)20-8-9-25-15-4-3-7-19-11-15/h3-7,10-11H,8-9H2,1-2H3,(H,20,21)(H,22,23,24). The maximum absolute atomic E-state index is 11.8. The molecule has 25 heavy (non-hydrogen) atoms. The lowest BCUT2D eigenvalue weighted by atomic mass is 10.2. The predicted octanol–water partition coefficient (Wildman–Crippen LogP) is 2.33. The van der Waals surface area contributed by atoms with Gasteiger partial charge in [0.25, 0.3) is 5.56 Å². The second-order valence-electron chi connectivity index (χ2n) is 5.52. The molecule has 0 amide bonds. The molecule has 0 saturated carbocycles. The van der Waals surface area contributed by atoms with Crippen LogP contribution in [0, 0.1) is 13.8 Å². The Morgan fingerprint density at radius 3 is 2.76 bits per heavy atom. The Morgan fingerprint density at radius 1 is 1.20 bits per heavy atom. The highest BCUT2D eigenvalue weighted by Crippen LogP contribution is 2.15. The molecular weight excluding hydrogens is 318 g/mol. The number of aromatic nitrogens is 4. The van der Waals surface area contributed by atoms with Gasteiger partial charge in [-0.15, -0.1) is 0 Å². The number of hydrogen-bond acceptors (Lipinski definition) is 6. The van der Waals surface area contributed by atoms with Crippen molar-refractivity contribution in [3.63, 3.8) is 0 Å². The summed E-state index contributed by atoms with van der Waals surface area (Å²) in [6.07, 6.45) is 5.05. The summed E-state index contributed by atoms with van der Waals surface area (Å²) in [5.41, 5.74) is 1.98. The van der Waals surface area contributed by atoms with Crippen LogP contribution in [0.3, 0.4) is 0 Å². The Hall–Kier alpha value is -3.22. The number of aromatic amines is 1. The van der Waals surface area contributed by atoms with Crippen LogP contribution in [-0.4, -0.2) is 33.1 Å². The summed E-state index contributed by atoms with van der Waals surface area (Å²) in [7, 11) is 0. The van der Waals surface area contributed by atoms with Gasteiger partial charge in [0.15, 0.2) is 0 Å². The van der Waals surface area contributed by atoms with E-state index in [9.17, 15) is 4.79 Å². The second-order valence-corrected chi connectivity index (χ2v) is 5.52. The summed E-state index contributed by atoms with van der Waals surface area (Å²) >= 11 is 0. The quantitative estimate of drug-likeness (QED) is 0.671. The first-order valence-corrected chi connectivity index (χ1v) is 7.94. The van der Waals surface area contributed by atoms with Gasteiger partial charge in [0.1, 0.15) is 24.0 Å². The van der Waals surface area contributed by atoms with E-state index in [2.05, 4.69) is 25.3 Å². The molecule has 0 unspecified atom stereocenters. The van der Waals surface area contributed by atoms with Crippen molar-refractivity contribution in [3.05, 3.63) is 64.5 Å². The first-order valence-electron chi connectivity index (χ1n) is 7.94. The zero-order valence-electron chi connectivity index (χ0n) is 14.1. The molecule has 3 aromatic heterocycles. The average molecular weight is 337 g/mol. The Labute approximate surface area is 145 Å². The van der Waals surface area contributed by atoms with Crippen molar-refractivity contribution in [3.8, 4) is 17.1 Å². The van der Waals surface area contributed by atoms with Crippen LogP contribution < -0.4 is 15.6 Å². The molecule has 0 aliphatic rings. The number of anilines is 1. The molecule has 7 heteroatoms. The number of nitrogens with zero attached hydrogens (tertiary/aromatic N) is 3. The predicted molar refractivity (Wildman–Crippen MR) is 95.8 cm³/mol. The third-order valence-corrected chi connectivity index (χ3v) is 3.74. The van der Waals surface area contributed by atoms with Gasteiger partial charge in [-0.05, 0) is 38.1 Å². The summed E-state index contributed by atoms with van der Waals surface area (Å²) in [6.45, 7) is 4.69. The number of aryl methyl sites for hydroxylation is 1. The van der Waals surface area contributed by atoms with E-state index in [1.54, 1.807) is 25.5 Å². The van der Waals surface area contributed by atoms with Gasteiger partial charge in [-0.25, -0.2) is 9.97 Å². The van der Waals surface area contributed by atoms with E-state index >= 15 is 0 Å². The van der Waals surface area contributed by atoms with Crippen LogP contribution in [0.15, 0.2) is 47.7 Å². The molecule has 0 radical (unpaired) electrons. The minimum Gasteiger partial charge on any atom is -0.490 e. The lowest BCUT2D eigenvalue weighted by molar-refractivity contribution is 0.331. The highest BCUT2D eigenvalue weighted by atomic mass is 16.5. The molecule has 2 N–H and O–H groups in total. The zero-order chi connectivity index (χ0) is 17.6. The molecule has 0 aliphatic heterocycles. The number of rotatable bonds is 6. The fourth-order valence-electron chi connectivity index (χ4n) is 2.20. The number of pyridine rings is 2. The van der Waals surface area contributed by atoms with Gasteiger partial charge in [0.05, 0.1) is 12.7 Å². The Morgan fingerprint density at radius 2 is 2.08 bits per heavy atom. The molecule has 0 aliphatic carbocycles. The third-order valence-electron chi connectivity index (χ3n) is 3.74. The van der Waals surface area contributed by atoms with Crippen LogP contribution in [-0.2, 0) is 0 Å². The average Bonchev–Trinajstić information content (AvgIpc) is 2.64. The Balaban J connectivity index is 1.58. The maximum atomic E-state index is 11.8. The number of nitrogens with one attached hydrogen (secondary N) is 2. The van der Waals surface area contributed by atoms with Crippen molar-refractivity contribution in [2.75, 3.05) is 18.5 Å². The van der Waals surface area contributed by atoms with Crippen LogP contribution in [0.5, 0.6) is 5.75 Å². The molecule has 0 aromatic carbocycles. The molecule has 0 bridgehead atoms. The van der Waals surface area contributed by atoms with Crippen molar-refractivity contribution in [1.29, 1.82) is 0 Å². The van der Waals surface area contributed by atoms with Gasteiger partial charge in [0.2, 0.25) is 0 Å². The van der Waals surface area contributed by atoms with Crippen molar-refractivity contribution in [2.45, 2.75) is 13.8 Å². The monoisotopic (exact) mass is 337 g/mol.